The highest BCUT2D eigenvalue weighted by Gasteiger charge is 2.06. The summed E-state index contributed by atoms with van der Waals surface area (Å²) in [6.45, 7) is 6.30. The highest BCUT2D eigenvalue weighted by Crippen LogP contribution is 2.05. The molecule has 3 nitrogen and oxygen atoms in total. The fourth-order valence-corrected chi connectivity index (χ4v) is 1.35. The quantitative estimate of drug-likeness (QED) is 0.648. The van der Waals surface area contributed by atoms with Gasteiger partial charge in [-0.15, -0.1) is 0 Å². The van der Waals surface area contributed by atoms with E-state index in [0.717, 1.165) is 11.3 Å². The Kier molecular flexibility index (Phi) is 2.52. The van der Waals surface area contributed by atoms with Gasteiger partial charge in [0, 0.05) is 12.2 Å². The van der Waals surface area contributed by atoms with Crippen LogP contribution in [0.25, 0.3) is 0 Å². The van der Waals surface area contributed by atoms with Crippen molar-refractivity contribution >= 4 is 0 Å². The molecule has 1 aromatic heterocycles. The summed E-state index contributed by atoms with van der Waals surface area (Å²) in [5.74, 6) is 0. The van der Waals surface area contributed by atoms with E-state index in [2.05, 4.69) is 0 Å². The molecule has 0 saturated carbocycles. The van der Waals surface area contributed by atoms with Crippen LogP contribution in [0.1, 0.15) is 23.7 Å². The standard InChI is InChI=1S/C10H12N2O/c1-4-12-8(3)7(2)5-9(6-11)10(12)13/h5H,4H2,1-3H3. The van der Waals surface area contributed by atoms with Crippen LogP contribution in [0.2, 0.25) is 0 Å². The number of rotatable bonds is 1. The van der Waals surface area contributed by atoms with Crippen molar-refractivity contribution < 1.29 is 0 Å². The molecule has 3 heteroatoms. The maximum Gasteiger partial charge on any atom is 0.268 e. The molecule has 1 rings (SSSR count). The first-order valence-corrected chi connectivity index (χ1v) is 4.23. The van der Waals surface area contributed by atoms with Crippen molar-refractivity contribution in [3.8, 4) is 6.07 Å². The molecule has 0 aromatic carbocycles. The lowest BCUT2D eigenvalue weighted by atomic mass is 10.1. The topological polar surface area (TPSA) is 45.8 Å². The van der Waals surface area contributed by atoms with E-state index in [0.29, 0.717) is 6.54 Å². The molecule has 0 amide bonds. The van der Waals surface area contributed by atoms with Crippen LogP contribution < -0.4 is 5.56 Å². The summed E-state index contributed by atoms with van der Waals surface area (Å²) in [5, 5.41) is 8.69. The van der Waals surface area contributed by atoms with E-state index >= 15 is 0 Å². The second kappa shape index (κ2) is 3.44. The number of hydrogen-bond acceptors (Lipinski definition) is 2. The molecule has 1 aromatic rings. The molecule has 0 saturated heterocycles. The third-order valence-corrected chi connectivity index (χ3v) is 2.25. The SMILES string of the molecule is CCn1c(C)c(C)cc(C#N)c1=O. The summed E-state index contributed by atoms with van der Waals surface area (Å²) in [6, 6.07) is 3.55. The molecule has 0 bridgehead atoms. The van der Waals surface area contributed by atoms with Crippen LogP contribution in [-0.2, 0) is 6.54 Å². The maximum atomic E-state index is 11.5. The predicted molar refractivity (Wildman–Crippen MR) is 50.6 cm³/mol. The largest absolute Gasteiger partial charge is 0.312 e. The van der Waals surface area contributed by atoms with Crippen molar-refractivity contribution in [1.29, 1.82) is 5.26 Å². The van der Waals surface area contributed by atoms with E-state index in [4.69, 9.17) is 5.26 Å². The molecule has 13 heavy (non-hydrogen) atoms. The molecule has 1 heterocycles. The molecule has 0 aliphatic heterocycles. The zero-order valence-electron chi connectivity index (χ0n) is 8.09. The normalized spacial score (nSPS) is 9.69. The van der Waals surface area contributed by atoms with E-state index < -0.39 is 0 Å². The maximum absolute atomic E-state index is 11.5. The van der Waals surface area contributed by atoms with Crippen LogP contribution in [-0.4, -0.2) is 4.57 Å². The zero-order chi connectivity index (χ0) is 10.0. The van der Waals surface area contributed by atoms with Gasteiger partial charge in [-0.2, -0.15) is 5.26 Å². The van der Waals surface area contributed by atoms with Gasteiger partial charge >= 0.3 is 0 Å². The molecule has 0 radical (unpaired) electrons. The summed E-state index contributed by atoms with van der Waals surface area (Å²) in [4.78, 5) is 11.5. The molecule has 0 fully saturated rings. The second-order valence-corrected chi connectivity index (χ2v) is 2.99. The third-order valence-electron chi connectivity index (χ3n) is 2.25. The van der Waals surface area contributed by atoms with Crippen LogP contribution in [0.15, 0.2) is 10.9 Å². The van der Waals surface area contributed by atoms with E-state index in [9.17, 15) is 4.79 Å². The molecule has 0 unspecified atom stereocenters. The first kappa shape index (κ1) is 9.53. The number of hydrogen-bond donors (Lipinski definition) is 0. The van der Waals surface area contributed by atoms with E-state index in [1.54, 1.807) is 10.6 Å². The summed E-state index contributed by atoms with van der Waals surface area (Å²) in [6.07, 6.45) is 0. The Morgan fingerprint density at radius 2 is 2.15 bits per heavy atom. The summed E-state index contributed by atoms with van der Waals surface area (Å²) in [5.41, 5.74) is 1.96. The Balaban J connectivity index is 3.61. The Hall–Kier alpha value is -1.56. The van der Waals surface area contributed by atoms with Crippen LogP contribution in [0, 0.1) is 25.2 Å². The van der Waals surface area contributed by atoms with Gasteiger partial charge in [-0.05, 0) is 32.4 Å². The molecule has 68 valence electrons. The van der Waals surface area contributed by atoms with Crippen molar-refractivity contribution in [3.05, 3.63) is 33.2 Å². The predicted octanol–water partition coefficient (Wildman–Crippen LogP) is 1.36. The minimum absolute atomic E-state index is 0.187. The lowest BCUT2D eigenvalue weighted by molar-refractivity contribution is 0.693. The number of pyridine rings is 1. The van der Waals surface area contributed by atoms with Gasteiger partial charge in [-0.3, -0.25) is 4.79 Å². The lowest BCUT2D eigenvalue weighted by Gasteiger charge is -2.09. The van der Waals surface area contributed by atoms with Crippen molar-refractivity contribution in [3.63, 3.8) is 0 Å². The first-order chi connectivity index (χ1) is 6.11. The van der Waals surface area contributed by atoms with Gasteiger partial charge in [-0.1, -0.05) is 0 Å². The summed E-state index contributed by atoms with van der Waals surface area (Å²) >= 11 is 0. The molecular formula is C10H12N2O. The fourth-order valence-electron chi connectivity index (χ4n) is 1.35. The first-order valence-electron chi connectivity index (χ1n) is 4.23. The van der Waals surface area contributed by atoms with E-state index in [1.807, 2.05) is 26.8 Å². The lowest BCUT2D eigenvalue weighted by Crippen LogP contribution is -2.24. The molecule has 0 aliphatic carbocycles. The number of nitriles is 1. The monoisotopic (exact) mass is 176 g/mol. The van der Waals surface area contributed by atoms with Gasteiger partial charge in [0.25, 0.3) is 5.56 Å². The van der Waals surface area contributed by atoms with E-state index in [-0.39, 0.29) is 11.1 Å². The smallest absolute Gasteiger partial charge is 0.268 e. The fraction of sp³-hybridized carbons (Fsp3) is 0.400. The minimum atomic E-state index is -0.187. The van der Waals surface area contributed by atoms with Crippen LogP contribution >= 0.6 is 0 Å². The van der Waals surface area contributed by atoms with Crippen molar-refractivity contribution in [2.45, 2.75) is 27.3 Å². The second-order valence-electron chi connectivity index (χ2n) is 2.99. The Bertz CT molecular complexity index is 424. The van der Waals surface area contributed by atoms with Gasteiger partial charge in [0.15, 0.2) is 0 Å². The average Bonchev–Trinajstić information content (AvgIpc) is 2.12. The molecule has 0 atom stereocenters. The molecular weight excluding hydrogens is 164 g/mol. The molecule has 0 N–H and O–H groups in total. The van der Waals surface area contributed by atoms with E-state index in [1.165, 1.54) is 0 Å². The van der Waals surface area contributed by atoms with Gasteiger partial charge in [0.05, 0.1) is 0 Å². The van der Waals surface area contributed by atoms with Crippen LogP contribution in [0.3, 0.4) is 0 Å². The highest BCUT2D eigenvalue weighted by atomic mass is 16.1. The number of aryl methyl sites for hydroxylation is 1. The van der Waals surface area contributed by atoms with Crippen molar-refractivity contribution in [2.24, 2.45) is 0 Å². The number of aromatic nitrogens is 1. The Labute approximate surface area is 77.2 Å². The average molecular weight is 176 g/mol. The Morgan fingerprint density at radius 1 is 1.54 bits per heavy atom. The zero-order valence-corrected chi connectivity index (χ0v) is 8.09. The van der Waals surface area contributed by atoms with Gasteiger partial charge in [0.1, 0.15) is 11.6 Å². The molecule has 0 aliphatic rings. The third kappa shape index (κ3) is 1.48. The van der Waals surface area contributed by atoms with Crippen LogP contribution in [0.5, 0.6) is 0 Å². The van der Waals surface area contributed by atoms with Crippen molar-refractivity contribution in [2.75, 3.05) is 0 Å². The summed E-state index contributed by atoms with van der Waals surface area (Å²) in [7, 11) is 0. The highest BCUT2D eigenvalue weighted by molar-refractivity contribution is 5.32. The summed E-state index contributed by atoms with van der Waals surface area (Å²) < 4.78 is 1.62. The minimum Gasteiger partial charge on any atom is -0.312 e. The number of nitrogens with zero attached hydrogens (tertiary/aromatic N) is 2. The van der Waals surface area contributed by atoms with Crippen LogP contribution in [0.4, 0.5) is 0 Å². The van der Waals surface area contributed by atoms with Gasteiger partial charge < -0.3 is 4.57 Å². The Morgan fingerprint density at radius 3 is 2.62 bits per heavy atom. The van der Waals surface area contributed by atoms with Gasteiger partial charge in [-0.25, -0.2) is 0 Å². The molecule has 0 spiro atoms. The van der Waals surface area contributed by atoms with Gasteiger partial charge in [0.2, 0.25) is 0 Å². The van der Waals surface area contributed by atoms with Crippen molar-refractivity contribution in [1.82, 2.24) is 4.57 Å².